The van der Waals surface area contributed by atoms with Gasteiger partial charge in [0.2, 0.25) is 10.0 Å². The van der Waals surface area contributed by atoms with E-state index in [2.05, 4.69) is 5.32 Å². The third-order valence-corrected chi connectivity index (χ3v) is 3.14. The molecule has 0 unspecified atom stereocenters. The summed E-state index contributed by atoms with van der Waals surface area (Å²) >= 11 is 0. The van der Waals surface area contributed by atoms with Gasteiger partial charge in [0.15, 0.2) is 0 Å². The Hall–Kier alpha value is -0.130. The molecule has 0 atom stereocenters. The minimum atomic E-state index is -2.97. The predicted octanol–water partition coefficient (Wildman–Crippen LogP) is -1.15. The second-order valence-corrected chi connectivity index (χ2v) is 4.63. The number of likely N-dealkylation sites (N-methyl/N-ethyl adjacent to an activating group) is 1. The standard InChI is InChI=1S/C5H12N2O2S/c1-7(10(2,8)9)5-3-6-4-5/h5-6H,3-4H2,1-2H3. The maximum Gasteiger partial charge on any atom is 0.211 e. The quantitative estimate of drug-likeness (QED) is 0.560. The molecule has 1 N–H and O–H groups in total. The van der Waals surface area contributed by atoms with Crippen LogP contribution in [-0.2, 0) is 10.0 Å². The molecule has 5 heteroatoms. The molecular weight excluding hydrogens is 152 g/mol. The topological polar surface area (TPSA) is 49.4 Å². The molecule has 60 valence electrons. The largest absolute Gasteiger partial charge is 0.313 e. The summed E-state index contributed by atoms with van der Waals surface area (Å²) in [6.07, 6.45) is 1.23. The summed E-state index contributed by atoms with van der Waals surface area (Å²) in [6.45, 7) is 1.56. The van der Waals surface area contributed by atoms with Gasteiger partial charge in [-0.15, -0.1) is 0 Å². The zero-order valence-corrected chi connectivity index (χ0v) is 6.98. The molecule has 1 fully saturated rings. The lowest BCUT2D eigenvalue weighted by molar-refractivity contribution is 0.275. The van der Waals surface area contributed by atoms with Crippen molar-refractivity contribution in [2.45, 2.75) is 6.04 Å². The minimum Gasteiger partial charge on any atom is -0.313 e. The van der Waals surface area contributed by atoms with Crippen molar-refractivity contribution in [1.82, 2.24) is 9.62 Å². The number of nitrogens with one attached hydrogen (secondary N) is 1. The normalized spacial score (nSPS) is 21.1. The first kappa shape index (κ1) is 7.97. The van der Waals surface area contributed by atoms with E-state index in [1.54, 1.807) is 7.05 Å². The van der Waals surface area contributed by atoms with E-state index in [4.69, 9.17) is 0 Å². The third kappa shape index (κ3) is 1.47. The lowest BCUT2D eigenvalue weighted by atomic mass is 10.2. The van der Waals surface area contributed by atoms with E-state index in [-0.39, 0.29) is 6.04 Å². The summed E-state index contributed by atoms with van der Waals surface area (Å²) in [5, 5.41) is 3.01. The van der Waals surface area contributed by atoms with Crippen molar-refractivity contribution in [1.29, 1.82) is 0 Å². The maximum atomic E-state index is 10.9. The highest BCUT2D eigenvalue weighted by atomic mass is 32.2. The molecule has 1 aliphatic heterocycles. The van der Waals surface area contributed by atoms with Crippen molar-refractivity contribution in [2.24, 2.45) is 0 Å². The van der Waals surface area contributed by atoms with Gasteiger partial charge in [-0.2, -0.15) is 4.31 Å². The van der Waals surface area contributed by atoms with E-state index in [9.17, 15) is 8.42 Å². The van der Waals surface area contributed by atoms with Crippen LogP contribution in [-0.4, -0.2) is 45.2 Å². The van der Waals surface area contributed by atoms with Gasteiger partial charge in [-0.25, -0.2) is 8.42 Å². The molecule has 1 rings (SSSR count). The number of rotatable bonds is 2. The molecule has 0 aromatic carbocycles. The van der Waals surface area contributed by atoms with Crippen LogP contribution in [0.3, 0.4) is 0 Å². The Morgan fingerprint density at radius 1 is 1.50 bits per heavy atom. The summed E-state index contributed by atoms with van der Waals surface area (Å²) in [7, 11) is -1.36. The summed E-state index contributed by atoms with van der Waals surface area (Å²) < 4.78 is 23.1. The zero-order valence-electron chi connectivity index (χ0n) is 6.16. The average Bonchev–Trinajstić information content (AvgIpc) is 1.57. The molecule has 10 heavy (non-hydrogen) atoms. The highest BCUT2D eigenvalue weighted by molar-refractivity contribution is 7.88. The van der Waals surface area contributed by atoms with Crippen LogP contribution in [0.25, 0.3) is 0 Å². The fourth-order valence-corrected chi connectivity index (χ4v) is 1.49. The van der Waals surface area contributed by atoms with Crippen LogP contribution in [0.5, 0.6) is 0 Å². The molecule has 0 radical (unpaired) electrons. The van der Waals surface area contributed by atoms with Crippen molar-refractivity contribution in [3.8, 4) is 0 Å². The summed E-state index contributed by atoms with van der Waals surface area (Å²) in [6, 6.07) is 0.176. The van der Waals surface area contributed by atoms with Crippen LogP contribution in [0.15, 0.2) is 0 Å². The average molecular weight is 164 g/mol. The molecule has 0 saturated carbocycles. The van der Waals surface area contributed by atoms with Crippen LogP contribution in [0.1, 0.15) is 0 Å². The van der Waals surface area contributed by atoms with Crippen LogP contribution in [0, 0.1) is 0 Å². The zero-order chi connectivity index (χ0) is 7.78. The molecule has 1 heterocycles. The second-order valence-electron chi connectivity index (χ2n) is 2.59. The first-order chi connectivity index (χ1) is 4.52. The summed E-state index contributed by atoms with van der Waals surface area (Å²) in [5.41, 5.74) is 0. The first-order valence-electron chi connectivity index (χ1n) is 3.15. The van der Waals surface area contributed by atoms with Crippen LogP contribution in [0.4, 0.5) is 0 Å². The Morgan fingerprint density at radius 3 is 2.10 bits per heavy atom. The van der Waals surface area contributed by atoms with Crippen molar-refractivity contribution < 1.29 is 8.42 Å². The van der Waals surface area contributed by atoms with E-state index in [0.29, 0.717) is 0 Å². The first-order valence-corrected chi connectivity index (χ1v) is 5.00. The molecule has 4 nitrogen and oxygen atoms in total. The molecular formula is C5H12N2O2S. The lowest BCUT2D eigenvalue weighted by Crippen LogP contribution is -2.57. The molecule has 1 aliphatic rings. The molecule has 0 aromatic heterocycles. The van der Waals surface area contributed by atoms with Gasteiger partial charge < -0.3 is 5.32 Å². The molecule has 0 amide bonds. The summed E-state index contributed by atoms with van der Waals surface area (Å²) in [4.78, 5) is 0. The van der Waals surface area contributed by atoms with Crippen molar-refractivity contribution in [2.75, 3.05) is 26.4 Å². The van der Waals surface area contributed by atoms with Gasteiger partial charge in [0, 0.05) is 26.2 Å². The van der Waals surface area contributed by atoms with E-state index >= 15 is 0 Å². The molecule has 0 aliphatic carbocycles. The fraction of sp³-hybridized carbons (Fsp3) is 1.00. The molecule has 0 spiro atoms. The van der Waals surface area contributed by atoms with E-state index in [1.807, 2.05) is 0 Å². The van der Waals surface area contributed by atoms with Gasteiger partial charge in [-0.05, 0) is 0 Å². The van der Waals surface area contributed by atoms with Gasteiger partial charge in [-0.3, -0.25) is 0 Å². The maximum absolute atomic E-state index is 10.9. The van der Waals surface area contributed by atoms with E-state index in [1.165, 1.54) is 10.6 Å². The molecule has 1 saturated heterocycles. The Labute approximate surface area is 61.3 Å². The fourth-order valence-electron chi connectivity index (χ4n) is 0.801. The second kappa shape index (κ2) is 2.48. The van der Waals surface area contributed by atoms with Crippen LogP contribution >= 0.6 is 0 Å². The van der Waals surface area contributed by atoms with Gasteiger partial charge in [-0.1, -0.05) is 0 Å². The molecule has 0 bridgehead atoms. The van der Waals surface area contributed by atoms with Crippen molar-refractivity contribution >= 4 is 10.0 Å². The third-order valence-electron chi connectivity index (χ3n) is 1.80. The Morgan fingerprint density at radius 2 is 2.00 bits per heavy atom. The smallest absolute Gasteiger partial charge is 0.211 e. The summed E-state index contributed by atoms with van der Waals surface area (Å²) in [5.74, 6) is 0. The number of nitrogens with zero attached hydrogens (tertiary/aromatic N) is 1. The van der Waals surface area contributed by atoms with Gasteiger partial charge >= 0.3 is 0 Å². The highest BCUT2D eigenvalue weighted by Crippen LogP contribution is 2.05. The lowest BCUT2D eigenvalue weighted by Gasteiger charge is -2.33. The number of sulfonamides is 1. The van der Waals surface area contributed by atoms with Crippen LogP contribution in [0.2, 0.25) is 0 Å². The van der Waals surface area contributed by atoms with Crippen molar-refractivity contribution in [3.05, 3.63) is 0 Å². The minimum absolute atomic E-state index is 0.176. The van der Waals surface area contributed by atoms with Crippen molar-refractivity contribution in [3.63, 3.8) is 0 Å². The van der Waals surface area contributed by atoms with Gasteiger partial charge in [0.05, 0.1) is 6.26 Å². The SMILES string of the molecule is CN(C1CNC1)S(C)(=O)=O. The Bertz CT molecular complexity index is 208. The van der Waals surface area contributed by atoms with E-state index < -0.39 is 10.0 Å². The number of hydrogen-bond acceptors (Lipinski definition) is 3. The predicted molar refractivity (Wildman–Crippen MR) is 39.3 cm³/mol. The number of hydrogen-bond donors (Lipinski definition) is 1. The Balaban J connectivity index is 2.56. The molecule has 0 aromatic rings. The van der Waals surface area contributed by atoms with E-state index in [0.717, 1.165) is 13.1 Å². The highest BCUT2D eigenvalue weighted by Gasteiger charge is 2.26. The van der Waals surface area contributed by atoms with Gasteiger partial charge in [0.25, 0.3) is 0 Å². The van der Waals surface area contributed by atoms with Crippen LogP contribution < -0.4 is 5.32 Å². The Kier molecular flexibility index (Phi) is 1.98. The van der Waals surface area contributed by atoms with Gasteiger partial charge in [0.1, 0.15) is 0 Å². The monoisotopic (exact) mass is 164 g/mol.